The number of thiocarbonyl (C=S) groups is 1. The molecule has 0 spiro atoms. The number of pyridine rings is 1. The van der Waals surface area contributed by atoms with Crippen LogP contribution >= 0.6 is 12.2 Å². The van der Waals surface area contributed by atoms with Gasteiger partial charge in [0.25, 0.3) is 5.56 Å². The van der Waals surface area contributed by atoms with E-state index in [0.717, 1.165) is 34.4 Å². The van der Waals surface area contributed by atoms with Gasteiger partial charge in [-0.3, -0.25) is 4.79 Å². The number of methoxy groups -OCH3 is 1. The first-order chi connectivity index (χ1) is 14.8. The predicted molar refractivity (Wildman–Crippen MR) is 132 cm³/mol. The predicted octanol–water partition coefficient (Wildman–Crippen LogP) is 3.91. The molecule has 6 nitrogen and oxygen atoms in total. The maximum atomic E-state index is 12.8. The standard InChI is InChI=1S/C24H30N4O2S/c1-16-12-18-14-19(23(29)26-22(18)13-17(16)2)15-28(11-10-27(3)4)24(31)25-20-6-8-21(30-5)9-7-20/h6-9,12-14H,10-11,15H2,1-5H3,(H,25,31)(H,26,29). The molecule has 0 aliphatic heterocycles. The summed E-state index contributed by atoms with van der Waals surface area (Å²) < 4.78 is 5.21. The second-order valence-corrected chi connectivity index (χ2v) is 8.42. The minimum absolute atomic E-state index is 0.0853. The van der Waals surface area contributed by atoms with Gasteiger partial charge in [0.1, 0.15) is 5.75 Å². The van der Waals surface area contributed by atoms with Crippen LogP contribution in [-0.4, -0.2) is 54.2 Å². The Kier molecular flexibility index (Phi) is 7.30. The molecule has 0 radical (unpaired) electrons. The summed E-state index contributed by atoms with van der Waals surface area (Å²) in [5.74, 6) is 0.786. The van der Waals surface area contributed by atoms with Crippen LogP contribution < -0.4 is 15.6 Å². The molecule has 1 heterocycles. The molecule has 0 bridgehead atoms. The van der Waals surface area contributed by atoms with Gasteiger partial charge < -0.3 is 24.8 Å². The first kappa shape index (κ1) is 22.8. The van der Waals surface area contributed by atoms with E-state index in [4.69, 9.17) is 17.0 Å². The lowest BCUT2D eigenvalue weighted by Gasteiger charge is -2.27. The van der Waals surface area contributed by atoms with Crippen molar-refractivity contribution in [2.75, 3.05) is 39.6 Å². The highest BCUT2D eigenvalue weighted by Crippen LogP contribution is 2.19. The number of H-pyrrole nitrogens is 1. The fraction of sp³-hybridized carbons (Fsp3) is 0.333. The van der Waals surface area contributed by atoms with Crippen molar-refractivity contribution in [2.45, 2.75) is 20.4 Å². The number of anilines is 1. The Morgan fingerprint density at radius 1 is 1.06 bits per heavy atom. The van der Waals surface area contributed by atoms with Crippen molar-refractivity contribution in [3.63, 3.8) is 0 Å². The van der Waals surface area contributed by atoms with Gasteiger partial charge >= 0.3 is 0 Å². The summed E-state index contributed by atoms with van der Waals surface area (Å²) in [6.45, 7) is 6.06. The lowest BCUT2D eigenvalue weighted by Crippen LogP contribution is -2.40. The van der Waals surface area contributed by atoms with Gasteiger partial charge in [0.2, 0.25) is 0 Å². The third-order valence-corrected chi connectivity index (χ3v) is 5.70. The Bertz CT molecular complexity index is 1120. The number of aryl methyl sites for hydroxylation is 2. The molecule has 0 fully saturated rings. The van der Waals surface area contributed by atoms with Crippen LogP contribution in [0.1, 0.15) is 16.7 Å². The molecule has 3 rings (SSSR count). The highest BCUT2D eigenvalue weighted by Gasteiger charge is 2.14. The fourth-order valence-electron chi connectivity index (χ4n) is 3.30. The Morgan fingerprint density at radius 3 is 2.39 bits per heavy atom. The lowest BCUT2D eigenvalue weighted by molar-refractivity contribution is 0.327. The first-order valence-electron chi connectivity index (χ1n) is 10.2. The number of nitrogens with one attached hydrogen (secondary N) is 2. The molecule has 0 saturated heterocycles. The van der Waals surface area contributed by atoms with Crippen LogP contribution in [0, 0.1) is 13.8 Å². The topological polar surface area (TPSA) is 60.6 Å². The van der Waals surface area contributed by atoms with Crippen LogP contribution in [0.2, 0.25) is 0 Å². The number of rotatable bonds is 7. The average molecular weight is 439 g/mol. The van der Waals surface area contributed by atoms with Crippen LogP contribution in [0.3, 0.4) is 0 Å². The maximum absolute atomic E-state index is 12.8. The smallest absolute Gasteiger partial charge is 0.253 e. The summed E-state index contributed by atoms with van der Waals surface area (Å²) in [5, 5.41) is 4.88. The van der Waals surface area contributed by atoms with Crippen molar-refractivity contribution in [1.82, 2.24) is 14.8 Å². The first-order valence-corrected chi connectivity index (χ1v) is 10.7. The summed E-state index contributed by atoms with van der Waals surface area (Å²) >= 11 is 5.70. The van der Waals surface area contributed by atoms with Crippen molar-refractivity contribution in [3.05, 3.63) is 69.5 Å². The summed E-state index contributed by atoms with van der Waals surface area (Å²) in [7, 11) is 5.68. The van der Waals surface area contributed by atoms with E-state index >= 15 is 0 Å². The second kappa shape index (κ2) is 9.94. The number of ether oxygens (including phenoxy) is 1. The number of likely N-dealkylation sites (N-methyl/N-ethyl adjacent to an activating group) is 1. The van der Waals surface area contributed by atoms with Gasteiger partial charge in [-0.2, -0.15) is 0 Å². The summed E-state index contributed by atoms with van der Waals surface area (Å²) in [5.41, 5.74) is 4.70. The zero-order valence-corrected chi connectivity index (χ0v) is 19.6. The molecule has 0 unspecified atom stereocenters. The van der Waals surface area contributed by atoms with Crippen molar-refractivity contribution < 1.29 is 4.74 Å². The Morgan fingerprint density at radius 2 is 1.74 bits per heavy atom. The molecule has 0 aliphatic carbocycles. The van der Waals surface area contributed by atoms with Gasteiger partial charge in [0.15, 0.2) is 5.11 Å². The molecule has 2 N–H and O–H groups in total. The zero-order chi connectivity index (χ0) is 22.5. The summed E-state index contributed by atoms with van der Waals surface area (Å²) in [6.07, 6.45) is 0. The molecule has 0 amide bonds. The Labute approximate surface area is 188 Å². The third-order valence-electron chi connectivity index (χ3n) is 5.34. The molecule has 2 aromatic carbocycles. The number of aromatic nitrogens is 1. The quantitative estimate of drug-likeness (QED) is 0.546. The van der Waals surface area contributed by atoms with E-state index < -0.39 is 0 Å². The van der Waals surface area contributed by atoms with E-state index in [0.29, 0.717) is 23.8 Å². The normalized spacial score (nSPS) is 11.0. The second-order valence-electron chi connectivity index (χ2n) is 8.03. The SMILES string of the molecule is COc1ccc(NC(=S)N(CCN(C)C)Cc2cc3cc(C)c(C)cc3[nH]c2=O)cc1. The van der Waals surface area contributed by atoms with Crippen LogP contribution in [0.25, 0.3) is 10.9 Å². The number of benzene rings is 2. The number of aromatic amines is 1. The van der Waals surface area contributed by atoms with Gasteiger partial charge in [0, 0.05) is 29.9 Å². The van der Waals surface area contributed by atoms with Crippen LogP contribution in [-0.2, 0) is 6.54 Å². The van der Waals surface area contributed by atoms with E-state index in [-0.39, 0.29) is 5.56 Å². The van der Waals surface area contributed by atoms with Crippen molar-refractivity contribution in [1.29, 1.82) is 0 Å². The fourth-order valence-corrected chi connectivity index (χ4v) is 3.57. The van der Waals surface area contributed by atoms with Crippen LogP contribution in [0.4, 0.5) is 5.69 Å². The molecule has 7 heteroatoms. The van der Waals surface area contributed by atoms with E-state index in [9.17, 15) is 4.79 Å². The molecule has 3 aromatic rings. The monoisotopic (exact) mass is 438 g/mol. The maximum Gasteiger partial charge on any atom is 0.253 e. The van der Waals surface area contributed by atoms with Crippen LogP contribution in [0.5, 0.6) is 5.75 Å². The summed E-state index contributed by atoms with van der Waals surface area (Å²) in [4.78, 5) is 19.9. The Balaban J connectivity index is 1.85. The molecule has 31 heavy (non-hydrogen) atoms. The average Bonchev–Trinajstić information content (AvgIpc) is 2.73. The van der Waals surface area contributed by atoms with E-state index in [1.54, 1.807) is 7.11 Å². The van der Waals surface area contributed by atoms with Gasteiger partial charge in [-0.05, 0) is 99.1 Å². The molecular formula is C24H30N4O2S. The minimum Gasteiger partial charge on any atom is -0.497 e. The van der Waals surface area contributed by atoms with Crippen molar-refractivity contribution in [2.24, 2.45) is 0 Å². The zero-order valence-electron chi connectivity index (χ0n) is 18.8. The largest absolute Gasteiger partial charge is 0.497 e. The number of fused-ring (bicyclic) bond motifs is 1. The highest BCUT2D eigenvalue weighted by molar-refractivity contribution is 7.80. The molecule has 0 atom stereocenters. The molecule has 1 aromatic heterocycles. The molecule has 0 saturated carbocycles. The lowest BCUT2D eigenvalue weighted by atomic mass is 10.0. The molecular weight excluding hydrogens is 408 g/mol. The highest BCUT2D eigenvalue weighted by atomic mass is 32.1. The van der Waals surface area contributed by atoms with E-state index in [1.165, 1.54) is 5.56 Å². The third kappa shape index (κ3) is 5.83. The van der Waals surface area contributed by atoms with Crippen molar-refractivity contribution in [3.8, 4) is 5.75 Å². The van der Waals surface area contributed by atoms with Gasteiger partial charge in [0.05, 0.1) is 13.7 Å². The van der Waals surface area contributed by atoms with Crippen molar-refractivity contribution >= 4 is 33.9 Å². The van der Waals surface area contributed by atoms with E-state index in [1.807, 2.05) is 62.3 Å². The summed E-state index contributed by atoms with van der Waals surface area (Å²) in [6, 6.07) is 13.7. The number of hydrogen-bond acceptors (Lipinski definition) is 4. The van der Waals surface area contributed by atoms with Gasteiger partial charge in [-0.1, -0.05) is 0 Å². The number of nitrogens with zero attached hydrogens (tertiary/aromatic N) is 2. The van der Waals surface area contributed by atoms with E-state index in [2.05, 4.69) is 28.2 Å². The molecule has 164 valence electrons. The van der Waals surface area contributed by atoms with Gasteiger partial charge in [-0.25, -0.2) is 0 Å². The van der Waals surface area contributed by atoms with Crippen LogP contribution in [0.15, 0.2) is 47.3 Å². The molecule has 0 aliphatic rings. The Hall–Kier alpha value is -2.90. The van der Waals surface area contributed by atoms with Gasteiger partial charge in [-0.15, -0.1) is 0 Å². The number of hydrogen-bond donors (Lipinski definition) is 2. The minimum atomic E-state index is -0.0853.